The minimum atomic E-state index is -4.85. The number of hydrogen-bond acceptors (Lipinski definition) is 7. The van der Waals surface area contributed by atoms with Crippen molar-refractivity contribution >= 4 is 60.2 Å². The zero-order chi connectivity index (χ0) is 31.1. The topological polar surface area (TPSA) is 96.9 Å². The third kappa shape index (κ3) is 9.46. The van der Waals surface area contributed by atoms with Crippen molar-refractivity contribution in [3.05, 3.63) is 41.2 Å². The third-order valence-corrected chi connectivity index (χ3v) is 9.29. The van der Waals surface area contributed by atoms with Gasteiger partial charge >= 0.3 is 12.4 Å². The van der Waals surface area contributed by atoms with E-state index in [1.54, 1.807) is 0 Å². The van der Waals surface area contributed by atoms with Crippen molar-refractivity contribution in [2.24, 2.45) is 11.7 Å². The number of hydrazine groups is 1. The molecular formula is C30H41Cl3F6N8. The molecule has 0 unspecified atom stereocenters. The van der Waals surface area contributed by atoms with E-state index in [2.05, 4.69) is 20.3 Å². The number of fused-ring (bicyclic) bond motifs is 1. The number of nitrogens with two attached hydrogens (primary N) is 1. The molecule has 47 heavy (non-hydrogen) atoms. The molecule has 3 heterocycles. The van der Waals surface area contributed by atoms with E-state index in [9.17, 15) is 26.3 Å². The number of piperidine rings is 1. The number of nitrogens with one attached hydrogen (secondary N) is 2. The Labute approximate surface area is 288 Å². The molecule has 0 bridgehead atoms. The van der Waals surface area contributed by atoms with Gasteiger partial charge in [0.2, 0.25) is 5.95 Å². The Hall–Kier alpha value is -2.26. The van der Waals surface area contributed by atoms with Gasteiger partial charge in [0.15, 0.2) is 17.0 Å². The van der Waals surface area contributed by atoms with Gasteiger partial charge in [0.25, 0.3) is 0 Å². The van der Waals surface area contributed by atoms with Crippen molar-refractivity contribution in [1.29, 1.82) is 0 Å². The van der Waals surface area contributed by atoms with Gasteiger partial charge in [-0.15, -0.1) is 37.2 Å². The number of alkyl halides is 6. The number of hydrogen-bond donors (Lipinski definition) is 3. The Morgan fingerprint density at radius 1 is 0.787 bits per heavy atom. The summed E-state index contributed by atoms with van der Waals surface area (Å²) < 4.78 is 82.2. The minimum Gasteiger partial charge on any atom is -0.351 e. The second kappa shape index (κ2) is 16.0. The summed E-state index contributed by atoms with van der Waals surface area (Å²) in [7, 11) is 0. The highest BCUT2D eigenvalue weighted by molar-refractivity contribution is 5.86. The van der Waals surface area contributed by atoms with Gasteiger partial charge in [-0.1, -0.05) is 12.8 Å². The Kier molecular flexibility index (Phi) is 13.3. The molecule has 8 nitrogen and oxygen atoms in total. The van der Waals surface area contributed by atoms with Crippen LogP contribution >= 0.6 is 37.2 Å². The first kappa shape index (κ1) is 39.2. The summed E-state index contributed by atoms with van der Waals surface area (Å²) in [5, 5.41) is 5.50. The molecule has 1 aromatic carbocycles. The first-order valence-corrected chi connectivity index (χ1v) is 15.5. The SMILES string of the molecule is Cl.Cl.Cl.N[C@H]1CC[C@H](Nc2nc(NN3CCC(Cc4cc(C(F)(F)F)cc(C(F)(F)F)c4)CC3)c3ncn(C4CCCC4)c3n2)CC1. The number of imidazole rings is 1. The summed E-state index contributed by atoms with van der Waals surface area (Å²) >= 11 is 0. The second-order valence-corrected chi connectivity index (χ2v) is 12.6. The molecule has 3 aliphatic rings. The lowest BCUT2D eigenvalue weighted by atomic mass is 9.89. The molecule has 1 saturated heterocycles. The van der Waals surface area contributed by atoms with Gasteiger partial charge in [-0.3, -0.25) is 0 Å². The molecule has 3 aromatic rings. The summed E-state index contributed by atoms with van der Waals surface area (Å²) in [4.78, 5) is 14.4. The van der Waals surface area contributed by atoms with Gasteiger partial charge in [0.1, 0.15) is 0 Å². The second-order valence-electron chi connectivity index (χ2n) is 12.6. The molecule has 0 atom stereocenters. The van der Waals surface area contributed by atoms with Gasteiger partial charge in [-0.2, -0.15) is 36.3 Å². The van der Waals surface area contributed by atoms with Crippen molar-refractivity contribution in [1.82, 2.24) is 24.5 Å². The highest BCUT2D eigenvalue weighted by atomic mass is 35.5. The van der Waals surface area contributed by atoms with Crippen LogP contribution in [-0.2, 0) is 18.8 Å². The number of nitrogens with zero attached hydrogens (tertiary/aromatic N) is 5. The van der Waals surface area contributed by atoms with Gasteiger partial charge in [0, 0.05) is 31.2 Å². The molecule has 0 spiro atoms. The highest BCUT2D eigenvalue weighted by Crippen LogP contribution is 2.38. The first-order chi connectivity index (χ1) is 20.9. The Morgan fingerprint density at radius 3 is 1.96 bits per heavy atom. The summed E-state index contributed by atoms with van der Waals surface area (Å²) in [6.07, 6.45) is 1.72. The fourth-order valence-electron chi connectivity index (χ4n) is 6.82. The fraction of sp³-hybridized carbons (Fsp3) is 0.633. The lowest BCUT2D eigenvalue weighted by molar-refractivity contribution is -0.143. The Bertz CT molecular complexity index is 1420. The van der Waals surface area contributed by atoms with E-state index < -0.39 is 23.5 Å². The minimum absolute atomic E-state index is 0. The molecule has 1 aliphatic heterocycles. The summed E-state index contributed by atoms with van der Waals surface area (Å²) in [5.74, 6) is 1.05. The molecule has 2 aliphatic carbocycles. The van der Waals surface area contributed by atoms with E-state index in [4.69, 9.17) is 15.7 Å². The van der Waals surface area contributed by atoms with E-state index >= 15 is 0 Å². The number of aromatic nitrogens is 4. The van der Waals surface area contributed by atoms with Gasteiger partial charge in [0.05, 0.1) is 17.5 Å². The average molecular weight is 734 g/mol. The predicted octanol–water partition coefficient (Wildman–Crippen LogP) is 8.21. The van der Waals surface area contributed by atoms with Crippen LogP contribution in [0.3, 0.4) is 0 Å². The summed E-state index contributed by atoms with van der Waals surface area (Å²) in [6, 6.07) is 2.65. The predicted molar refractivity (Wildman–Crippen MR) is 176 cm³/mol. The molecular weight excluding hydrogens is 693 g/mol. The molecule has 2 saturated carbocycles. The lowest BCUT2D eigenvalue weighted by Gasteiger charge is -2.33. The van der Waals surface area contributed by atoms with E-state index in [0.29, 0.717) is 49.3 Å². The van der Waals surface area contributed by atoms with Crippen LogP contribution in [0.15, 0.2) is 24.5 Å². The number of rotatable bonds is 7. The van der Waals surface area contributed by atoms with Crippen molar-refractivity contribution in [3.8, 4) is 0 Å². The molecule has 264 valence electrons. The maximum absolute atomic E-state index is 13.3. The van der Waals surface area contributed by atoms with E-state index in [1.165, 1.54) is 12.8 Å². The maximum atomic E-state index is 13.3. The van der Waals surface area contributed by atoms with Crippen molar-refractivity contribution in [3.63, 3.8) is 0 Å². The fourth-order valence-corrected chi connectivity index (χ4v) is 6.82. The standard InChI is InChI=1S/C30H38F6N8.3ClH/c31-29(32,33)20-14-19(15-21(16-20)30(34,35)36)13-18-9-11-43(12-10-18)42-26-25-27(44(17-38-25)24-3-1-2-4-24)41-28(40-26)39-23-7-5-22(37)6-8-23;;;/h14-18,22-24H,1-13,37H2,(H2,39,40,41,42);3*1H/t22-,23-;;;. The van der Waals surface area contributed by atoms with Crippen LogP contribution in [0.5, 0.6) is 0 Å². The maximum Gasteiger partial charge on any atom is 0.416 e. The van der Waals surface area contributed by atoms with Crippen LogP contribution < -0.4 is 16.5 Å². The summed E-state index contributed by atoms with van der Waals surface area (Å²) in [6.45, 7) is 1.10. The third-order valence-electron chi connectivity index (χ3n) is 9.29. The van der Waals surface area contributed by atoms with Gasteiger partial charge in [-0.05, 0) is 87.5 Å². The smallest absolute Gasteiger partial charge is 0.351 e. The average Bonchev–Trinajstić information content (AvgIpc) is 3.65. The molecule has 0 amide bonds. The van der Waals surface area contributed by atoms with Crippen LogP contribution in [-0.4, -0.2) is 49.7 Å². The largest absolute Gasteiger partial charge is 0.416 e. The van der Waals surface area contributed by atoms with Crippen LogP contribution in [0.1, 0.15) is 86.9 Å². The van der Waals surface area contributed by atoms with Crippen LogP contribution in [0.4, 0.5) is 38.1 Å². The van der Waals surface area contributed by atoms with Gasteiger partial charge < -0.3 is 21.0 Å². The van der Waals surface area contributed by atoms with Crippen molar-refractivity contribution in [2.45, 2.75) is 101 Å². The van der Waals surface area contributed by atoms with E-state index in [1.807, 2.05) is 11.3 Å². The molecule has 0 radical (unpaired) electrons. The molecule has 6 rings (SSSR count). The molecule has 17 heteroatoms. The highest BCUT2D eigenvalue weighted by Gasteiger charge is 2.37. The summed E-state index contributed by atoms with van der Waals surface area (Å²) in [5.41, 5.74) is 8.44. The quantitative estimate of drug-likeness (QED) is 0.211. The molecule has 2 aromatic heterocycles. The Balaban J connectivity index is 0.00000200. The number of halogens is 9. The first-order valence-electron chi connectivity index (χ1n) is 15.5. The zero-order valence-electron chi connectivity index (χ0n) is 25.6. The lowest BCUT2D eigenvalue weighted by Crippen LogP contribution is -2.39. The molecule has 3 fully saturated rings. The van der Waals surface area contributed by atoms with Crippen molar-refractivity contribution < 1.29 is 26.3 Å². The van der Waals surface area contributed by atoms with E-state index in [-0.39, 0.29) is 73.3 Å². The van der Waals surface area contributed by atoms with Crippen LogP contribution in [0.2, 0.25) is 0 Å². The Morgan fingerprint density at radius 2 is 1.38 bits per heavy atom. The normalized spacial score (nSPS) is 21.5. The van der Waals surface area contributed by atoms with Crippen molar-refractivity contribution in [2.75, 3.05) is 23.8 Å². The molecule has 4 N–H and O–H groups in total. The van der Waals surface area contributed by atoms with E-state index in [0.717, 1.165) is 56.3 Å². The number of anilines is 2. The number of benzene rings is 1. The van der Waals surface area contributed by atoms with Gasteiger partial charge in [-0.25, -0.2) is 9.99 Å². The van der Waals surface area contributed by atoms with Crippen LogP contribution in [0, 0.1) is 5.92 Å². The van der Waals surface area contributed by atoms with Crippen LogP contribution in [0.25, 0.3) is 11.2 Å². The zero-order valence-corrected chi connectivity index (χ0v) is 28.1. The monoisotopic (exact) mass is 732 g/mol.